The second-order valence-corrected chi connectivity index (χ2v) is 4.49. The lowest BCUT2D eigenvalue weighted by atomic mass is 10.1. The van der Waals surface area contributed by atoms with Gasteiger partial charge in [-0.2, -0.15) is 0 Å². The second kappa shape index (κ2) is 5.85. The molecule has 0 fully saturated rings. The first-order chi connectivity index (χ1) is 8.68. The molecule has 0 aromatic heterocycles. The SMILES string of the molecule is O=C(/C=C/c1cccc(Cl)c1Cl)c1ccccc1. The molecule has 0 spiro atoms. The number of allylic oxidation sites excluding steroid dienone is 1. The Bertz CT molecular complexity index is 589. The molecule has 2 rings (SSSR count). The molecule has 2 aromatic carbocycles. The molecule has 3 heteroatoms. The molecule has 18 heavy (non-hydrogen) atoms. The minimum absolute atomic E-state index is 0.0633. The van der Waals surface area contributed by atoms with Gasteiger partial charge in [-0.15, -0.1) is 0 Å². The Labute approximate surface area is 116 Å². The molecule has 90 valence electrons. The van der Waals surface area contributed by atoms with Crippen LogP contribution in [0, 0.1) is 0 Å². The predicted molar refractivity (Wildman–Crippen MR) is 76.3 cm³/mol. The average molecular weight is 277 g/mol. The lowest BCUT2D eigenvalue weighted by molar-refractivity contribution is 0.104. The summed E-state index contributed by atoms with van der Waals surface area (Å²) < 4.78 is 0. The molecule has 0 aliphatic heterocycles. The first-order valence-electron chi connectivity index (χ1n) is 5.40. The molecule has 0 aliphatic rings. The number of carbonyl (C=O) groups excluding carboxylic acids is 1. The maximum Gasteiger partial charge on any atom is 0.185 e. The molecular formula is C15H10Cl2O. The van der Waals surface area contributed by atoms with E-state index in [9.17, 15) is 4.79 Å². The van der Waals surface area contributed by atoms with Gasteiger partial charge >= 0.3 is 0 Å². The zero-order valence-electron chi connectivity index (χ0n) is 9.44. The van der Waals surface area contributed by atoms with Crippen LogP contribution in [-0.4, -0.2) is 5.78 Å². The van der Waals surface area contributed by atoms with E-state index in [1.807, 2.05) is 24.3 Å². The Morgan fingerprint density at radius 1 is 0.944 bits per heavy atom. The van der Waals surface area contributed by atoms with Gasteiger partial charge in [0.25, 0.3) is 0 Å². The van der Waals surface area contributed by atoms with Gasteiger partial charge in [-0.05, 0) is 23.8 Å². The van der Waals surface area contributed by atoms with Crippen molar-refractivity contribution in [3.63, 3.8) is 0 Å². The topological polar surface area (TPSA) is 17.1 Å². The van der Waals surface area contributed by atoms with E-state index in [4.69, 9.17) is 23.2 Å². The van der Waals surface area contributed by atoms with E-state index in [1.165, 1.54) is 6.08 Å². The van der Waals surface area contributed by atoms with E-state index in [0.29, 0.717) is 15.6 Å². The van der Waals surface area contributed by atoms with Crippen molar-refractivity contribution >= 4 is 35.1 Å². The molecular weight excluding hydrogens is 267 g/mol. The number of halogens is 2. The van der Waals surface area contributed by atoms with Crippen molar-refractivity contribution in [2.45, 2.75) is 0 Å². The molecule has 0 aliphatic carbocycles. The summed E-state index contributed by atoms with van der Waals surface area (Å²) in [7, 11) is 0. The van der Waals surface area contributed by atoms with Crippen LogP contribution in [0.25, 0.3) is 6.08 Å². The Kier molecular flexibility index (Phi) is 4.19. The maximum atomic E-state index is 11.9. The quantitative estimate of drug-likeness (QED) is 0.576. The van der Waals surface area contributed by atoms with Gasteiger partial charge in [0.05, 0.1) is 10.0 Å². The number of benzene rings is 2. The number of hydrogen-bond donors (Lipinski definition) is 0. The standard InChI is InChI=1S/C15H10Cl2O/c16-13-8-4-7-12(15(13)17)9-10-14(18)11-5-2-1-3-6-11/h1-10H/b10-9+. The van der Waals surface area contributed by atoms with Gasteiger partial charge in [-0.3, -0.25) is 4.79 Å². The highest BCUT2D eigenvalue weighted by atomic mass is 35.5. The van der Waals surface area contributed by atoms with Crippen molar-refractivity contribution in [1.82, 2.24) is 0 Å². The summed E-state index contributed by atoms with van der Waals surface area (Å²) in [6, 6.07) is 14.4. The summed E-state index contributed by atoms with van der Waals surface area (Å²) in [6.45, 7) is 0. The predicted octanol–water partition coefficient (Wildman–Crippen LogP) is 4.89. The van der Waals surface area contributed by atoms with Gasteiger partial charge in [-0.25, -0.2) is 0 Å². The molecule has 0 bridgehead atoms. The average Bonchev–Trinajstić information content (AvgIpc) is 2.41. The minimum atomic E-state index is -0.0633. The molecule has 0 unspecified atom stereocenters. The fraction of sp³-hybridized carbons (Fsp3) is 0. The second-order valence-electron chi connectivity index (χ2n) is 3.71. The van der Waals surface area contributed by atoms with Crippen LogP contribution < -0.4 is 0 Å². The summed E-state index contributed by atoms with van der Waals surface area (Å²) in [5.41, 5.74) is 1.38. The van der Waals surface area contributed by atoms with Crippen LogP contribution in [0.15, 0.2) is 54.6 Å². The first-order valence-corrected chi connectivity index (χ1v) is 6.15. The highest BCUT2D eigenvalue weighted by molar-refractivity contribution is 6.42. The van der Waals surface area contributed by atoms with Crippen molar-refractivity contribution in [2.24, 2.45) is 0 Å². The summed E-state index contributed by atoms with van der Waals surface area (Å²) >= 11 is 11.9. The molecule has 0 atom stereocenters. The molecule has 0 saturated carbocycles. The Morgan fingerprint density at radius 3 is 2.39 bits per heavy atom. The third-order valence-corrected chi connectivity index (χ3v) is 3.29. The fourth-order valence-corrected chi connectivity index (χ4v) is 1.88. The Morgan fingerprint density at radius 2 is 1.67 bits per heavy atom. The van der Waals surface area contributed by atoms with Gasteiger partial charge in [0, 0.05) is 5.56 Å². The van der Waals surface area contributed by atoms with E-state index >= 15 is 0 Å². The van der Waals surface area contributed by atoms with Crippen LogP contribution in [0.2, 0.25) is 10.0 Å². The van der Waals surface area contributed by atoms with Crippen LogP contribution in [0.5, 0.6) is 0 Å². The van der Waals surface area contributed by atoms with E-state index in [2.05, 4.69) is 0 Å². The number of hydrogen-bond acceptors (Lipinski definition) is 1. The summed E-state index contributed by atoms with van der Waals surface area (Å²) in [5.74, 6) is -0.0633. The summed E-state index contributed by atoms with van der Waals surface area (Å²) in [6.07, 6.45) is 3.16. The molecule has 0 saturated heterocycles. The highest BCUT2D eigenvalue weighted by Gasteiger charge is 2.03. The van der Waals surface area contributed by atoms with Gasteiger partial charge in [0.15, 0.2) is 5.78 Å². The molecule has 0 N–H and O–H groups in total. The van der Waals surface area contributed by atoms with Gasteiger partial charge in [0.1, 0.15) is 0 Å². The molecule has 2 aromatic rings. The van der Waals surface area contributed by atoms with Gasteiger partial charge < -0.3 is 0 Å². The normalized spacial score (nSPS) is 10.8. The van der Waals surface area contributed by atoms with E-state index in [-0.39, 0.29) is 5.78 Å². The number of ketones is 1. The van der Waals surface area contributed by atoms with E-state index in [1.54, 1.807) is 30.3 Å². The number of rotatable bonds is 3. The highest BCUT2D eigenvalue weighted by Crippen LogP contribution is 2.26. The van der Waals surface area contributed by atoms with Crippen molar-refractivity contribution < 1.29 is 4.79 Å². The van der Waals surface area contributed by atoms with E-state index in [0.717, 1.165) is 5.56 Å². The Balaban J connectivity index is 2.22. The minimum Gasteiger partial charge on any atom is -0.289 e. The van der Waals surface area contributed by atoms with E-state index < -0.39 is 0 Å². The molecule has 0 heterocycles. The Hall–Kier alpha value is -1.57. The molecule has 1 nitrogen and oxygen atoms in total. The summed E-state index contributed by atoms with van der Waals surface area (Å²) in [4.78, 5) is 11.9. The van der Waals surface area contributed by atoms with Crippen LogP contribution in [0.4, 0.5) is 0 Å². The van der Waals surface area contributed by atoms with Crippen molar-refractivity contribution in [3.8, 4) is 0 Å². The first kappa shape index (κ1) is 12.9. The van der Waals surface area contributed by atoms with Crippen molar-refractivity contribution in [1.29, 1.82) is 0 Å². The fourth-order valence-electron chi connectivity index (χ4n) is 1.51. The lowest BCUT2D eigenvalue weighted by Gasteiger charge is -2.00. The summed E-state index contributed by atoms with van der Waals surface area (Å²) in [5, 5.41) is 0.933. The van der Waals surface area contributed by atoms with Crippen LogP contribution in [0.1, 0.15) is 15.9 Å². The zero-order chi connectivity index (χ0) is 13.0. The molecule has 0 radical (unpaired) electrons. The van der Waals surface area contributed by atoms with Crippen LogP contribution in [-0.2, 0) is 0 Å². The third kappa shape index (κ3) is 3.00. The van der Waals surface area contributed by atoms with Crippen molar-refractivity contribution in [3.05, 3.63) is 75.8 Å². The maximum absolute atomic E-state index is 11.9. The van der Waals surface area contributed by atoms with Gasteiger partial charge in [0.2, 0.25) is 0 Å². The third-order valence-electron chi connectivity index (χ3n) is 2.45. The molecule has 0 amide bonds. The largest absolute Gasteiger partial charge is 0.289 e. The van der Waals surface area contributed by atoms with Gasteiger partial charge in [-0.1, -0.05) is 65.7 Å². The smallest absolute Gasteiger partial charge is 0.185 e. The van der Waals surface area contributed by atoms with Crippen LogP contribution >= 0.6 is 23.2 Å². The zero-order valence-corrected chi connectivity index (χ0v) is 10.9. The van der Waals surface area contributed by atoms with Crippen LogP contribution in [0.3, 0.4) is 0 Å². The van der Waals surface area contributed by atoms with Crippen molar-refractivity contribution in [2.75, 3.05) is 0 Å². The lowest BCUT2D eigenvalue weighted by Crippen LogP contribution is -1.92. The monoisotopic (exact) mass is 276 g/mol. The number of carbonyl (C=O) groups is 1.